The number of pyridine rings is 1. The molecule has 0 radical (unpaired) electrons. The first kappa shape index (κ1) is 15.2. The normalized spacial score (nSPS) is 12.9. The Balaban J connectivity index is 2.76. The van der Waals surface area contributed by atoms with Gasteiger partial charge in [0.05, 0.1) is 0 Å². The number of hydrogen-bond donors (Lipinski definition) is 1. The Hall–Kier alpha value is -0.890. The highest BCUT2D eigenvalue weighted by Crippen LogP contribution is 2.25. The van der Waals surface area contributed by atoms with Crippen molar-refractivity contribution in [2.75, 3.05) is 6.54 Å². The number of aromatic nitrogens is 1. The van der Waals surface area contributed by atoms with Crippen LogP contribution in [-0.4, -0.2) is 11.5 Å². The van der Waals surface area contributed by atoms with Crippen LogP contribution in [0.1, 0.15) is 63.8 Å². The summed E-state index contributed by atoms with van der Waals surface area (Å²) in [6.07, 6.45) is 6.88. The molecular weight excluding hydrogens is 220 g/mol. The van der Waals surface area contributed by atoms with E-state index in [-0.39, 0.29) is 0 Å². The zero-order chi connectivity index (χ0) is 13.4. The molecule has 1 atom stereocenters. The molecule has 0 aliphatic heterocycles. The minimum absolute atomic E-state index is 0.483. The van der Waals surface area contributed by atoms with Crippen molar-refractivity contribution in [3.05, 3.63) is 29.6 Å². The van der Waals surface area contributed by atoms with Crippen molar-refractivity contribution in [2.24, 2.45) is 5.92 Å². The zero-order valence-corrected chi connectivity index (χ0v) is 12.4. The second-order valence-corrected chi connectivity index (χ2v) is 5.16. The Morgan fingerprint density at radius 1 is 1.22 bits per heavy atom. The molecule has 0 bridgehead atoms. The van der Waals surface area contributed by atoms with Crippen molar-refractivity contribution in [1.29, 1.82) is 0 Å². The molecule has 18 heavy (non-hydrogen) atoms. The van der Waals surface area contributed by atoms with Gasteiger partial charge in [-0.25, -0.2) is 0 Å². The van der Waals surface area contributed by atoms with Crippen molar-refractivity contribution in [2.45, 2.75) is 59.4 Å². The predicted octanol–water partition coefficient (Wildman–Crippen LogP) is 4.26. The summed E-state index contributed by atoms with van der Waals surface area (Å²) in [5, 5.41) is 3.68. The van der Waals surface area contributed by atoms with Crippen LogP contribution in [0.3, 0.4) is 0 Å². The van der Waals surface area contributed by atoms with Crippen molar-refractivity contribution >= 4 is 0 Å². The highest BCUT2D eigenvalue weighted by molar-refractivity contribution is 5.19. The number of nitrogens with zero attached hydrogens (tertiary/aromatic N) is 1. The van der Waals surface area contributed by atoms with Gasteiger partial charge in [0, 0.05) is 17.9 Å². The van der Waals surface area contributed by atoms with Gasteiger partial charge < -0.3 is 5.32 Å². The lowest BCUT2D eigenvalue weighted by Crippen LogP contribution is -2.24. The van der Waals surface area contributed by atoms with Crippen LogP contribution >= 0.6 is 0 Å². The van der Waals surface area contributed by atoms with Crippen molar-refractivity contribution in [3.8, 4) is 0 Å². The average molecular weight is 248 g/mol. The van der Waals surface area contributed by atoms with Gasteiger partial charge in [-0.05, 0) is 49.9 Å². The van der Waals surface area contributed by atoms with Crippen LogP contribution in [0.2, 0.25) is 0 Å². The zero-order valence-electron chi connectivity index (χ0n) is 12.4. The summed E-state index contributed by atoms with van der Waals surface area (Å²) in [4.78, 5) is 4.29. The summed E-state index contributed by atoms with van der Waals surface area (Å²) < 4.78 is 0. The molecule has 0 fully saturated rings. The molecule has 0 saturated heterocycles. The van der Waals surface area contributed by atoms with Gasteiger partial charge in [-0.1, -0.05) is 33.6 Å². The lowest BCUT2D eigenvalue weighted by molar-refractivity contribution is 0.371. The fourth-order valence-corrected chi connectivity index (χ4v) is 2.40. The summed E-state index contributed by atoms with van der Waals surface area (Å²) in [5.74, 6) is 0.813. The van der Waals surface area contributed by atoms with E-state index in [0.29, 0.717) is 6.04 Å². The van der Waals surface area contributed by atoms with Crippen LogP contribution in [0.25, 0.3) is 0 Å². The highest BCUT2D eigenvalue weighted by atomic mass is 14.9. The van der Waals surface area contributed by atoms with Gasteiger partial charge in [0.2, 0.25) is 0 Å². The second kappa shape index (κ2) is 8.25. The Morgan fingerprint density at radius 3 is 2.50 bits per heavy atom. The van der Waals surface area contributed by atoms with Gasteiger partial charge in [0.25, 0.3) is 0 Å². The fraction of sp³-hybridized carbons (Fsp3) is 0.688. The molecule has 102 valence electrons. The minimum atomic E-state index is 0.483. The van der Waals surface area contributed by atoms with Gasteiger partial charge in [-0.2, -0.15) is 0 Å². The van der Waals surface area contributed by atoms with E-state index in [1.54, 1.807) is 0 Å². The summed E-state index contributed by atoms with van der Waals surface area (Å²) >= 11 is 0. The van der Waals surface area contributed by atoms with Gasteiger partial charge in [0.1, 0.15) is 0 Å². The van der Waals surface area contributed by atoms with E-state index in [2.05, 4.69) is 50.1 Å². The fourth-order valence-electron chi connectivity index (χ4n) is 2.40. The third-order valence-electron chi connectivity index (χ3n) is 3.69. The maximum absolute atomic E-state index is 4.29. The molecule has 1 heterocycles. The topological polar surface area (TPSA) is 24.9 Å². The highest BCUT2D eigenvalue weighted by Gasteiger charge is 2.15. The first-order chi connectivity index (χ1) is 8.71. The van der Waals surface area contributed by atoms with Crippen LogP contribution in [0.5, 0.6) is 0 Å². The molecule has 1 aromatic rings. The van der Waals surface area contributed by atoms with Crippen molar-refractivity contribution < 1.29 is 0 Å². The number of rotatable bonds is 8. The molecule has 0 saturated carbocycles. The van der Waals surface area contributed by atoms with E-state index >= 15 is 0 Å². The third kappa shape index (κ3) is 4.77. The molecule has 0 aliphatic rings. The van der Waals surface area contributed by atoms with E-state index in [9.17, 15) is 0 Å². The van der Waals surface area contributed by atoms with Crippen molar-refractivity contribution in [3.63, 3.8) is 0 Å². The Bertz CT molecular complexity index is 332. The van der Waals surface area contributed by atoms with Crippen molar-refractivity contribution in [1.82, 2.24) is 10.3 Å². The first-order valence-electron chi connectivity index (χ1n) is 7.37. The second-order valence-electron chi connectivity index (χ2n) is 5.16. The van der Waals surface area contributed by atoms with Crippen LogP contribution < -0.4 is 5.32 Å². The molecule has 0 spiro atoms. The van der Waals surface area contributed by atoms with Gasteiger partial charge in [0.15, 0.2) is 0 Å². The Kier molecular flexibility index (Phi) is 6.96. The van der Waals surface area contributed by atoms with Crippen LogP contribution in [0.4, 0.5) is 0 Å². The summed E-state index contributed by atoms with van der Waals surface area (Å²) in [6, 6.07) is 4.86. The third-order valence-corrected chi connectivity index (χ3v) is 3.69. The molecule has 2 nitrogen and oxygen atoms in total. The molecule has 0 aliphatic carbocycles. The minimum Gasteiger partial charge on any atom is -0.310 e. The maximum atomic E-state index is 4.29. The molecule has 2 heteroatoms. The SMILES string of the molecule is CCCNC(CC(CC)CC)c1ccnc(C)c1. The standard InChI is InChI=1S/C16H28N2/c1-5-9-18-16(12-14(6-2)7-3)15-8-10-17-13(4)11-15/h8,10-11,14,16,18H,5-7,9,12H2,1-4H3. The van der Waals surface area contributed by atoms with E-state index in [4.69, 9.17) is 0 Å². The monoisotopic (exact) mass is 248 g/mol. The molecule has 0 aromatic carbocycles. The predicted molar refractivity (Wildman–Crippen MR) is 78.7 cm³/mol. The lowest BCUT2D eigenvalue weighted by atomic mass is 9.91. The van der Waals surface area contributed by atoms with E-state index in [1.807, 2.05) is 6.20 Å². The number of aryl methyl sites for hydroxylation is 1. The molecule has 1 unspecified atom stereocenters. The van der Waals surface area contributed by atoms with E-state index < -0.39 is 0 Å². The molecule has 1 rings (SSSR count). The Morgan fingerprint density at radius 2 is 1.94 bits per heavy atom. The van der Waals surface area contributed by atoms with Crippen LogP contribution in [-0.2, 0) is 0 Å². The molecular formula is C16H28N2. The van der Waals surface area contributed by atoms with E-state index in [0.717, 1.165) is 18.2 Å². The number of hydrogen-bond acceptors (Lipinski definition) is 2. The largest absolute Gasteiger partial charge is 0.310 e. The molecule has 1 N–H and O–H groups in total. The summed E-state index contributed by atoms with van der Waals surface area (Å²) in [6.45, 7) is 9.97. The van der Waals surface area contributed by atoms with Gasteiger partial charge in [-0.3, -0.25) is 4.98 Å². The summed E-state index contributed by atoms with van der Waals surface area (Å²) in [5.41, 5.74) is 2.50. The van der Waals surface area contributed by atoms with Crippen LogP contribution in [0, 0.1) is 12.8 Å². The average Bonchev–Trinajstić information content (AvgIpc) is 2.39. The quantitative estimate of drug-likeness (QED) is 0.743. The smallest absolute Gasteiger partial charge is 0.0375 e. The molecule has 1 aromatic heterocycles. The maximum Gasteiger partial charge on any atom is 0.0375 e. The van der Waals surface area contributed by atoms with E-state index in [1.165, 1.54) is 31.2 Å². The first-order valence-corrected chi connectivity index (χ1v) is 7.37. The van der Waals surface area contributed by atoms with Gasteiger partial charge >= 0.3 is 0 Å². The molecule has 0 amide bonds. The number of nitrogens with one attached hydrogen (secondary N) is 1. The summed E-state index contributed by atoms with van der Waals surface area (Å²) in [7, 11) is 0. The Labute approximate surface area is 112 Å². The van der Waals surface area contributed by atoms with Crippen LogP contribution in [0.15, 0.2) is 18.3 Å². The lowest BCUT2D eigenvalue weighted by Gasteiger charge is -2.23. The van der Waals surface area contributed by atoms with Gasteiger partial charge in [-0.15, -0.1) is 0 Å².